The fourth-order valence-corrected chi connectivity index (χ4v) is 2.81. The summed E-state index contributed by atoms with van der Waals surface area (Å²) in [7, 11) is 0. The van der Waals surface area contributed by atoms with Gasteiger partial charge in [0.05, 0.1) is 0 Å². The van der Waals surface area contributed by atoms with E-state index in [4.69, 9.17) is 4.74 Å². The van der Waals surface area contributed by atoms with Gasteiger partial charge in [0, 0.05) is 6.42 Å². The van der Waals surface area contributed by atoms with Crippen LogP contribution in [0, 0.1) is 0 Å². The van der Waals surface area contributed by atoms with Crippen LogP contribution in [0.4, 0.5) is 0 Å². The number of allylic oxidation sites excluding steroid dienone is 9. The Hall–Kier alpha value is -1.83. The van der Waals surface area contributed by atoms with E-state index in [0.29, 0.717) is 13.0 Å². The van der Waals surface area contributed by atoms with Gasteiger partial charge in [0.1, 0.15) is 6.61 Å². The Bertz CT molecular complexity index is 619. The molecule has 0 saturated carbocycles. The molecule has 0 atom stereocenters. The van der Waals surface area contributed by atoms with Crippen LogP contribution in [0.3, 0.4) is 0 Å². The minimum atomic E-state index is -0.114. The molecular weight excluding hydrogens is 356 g/mol. The van der Waals surface area contributed by atoms with Crippen molar-refractivity contribution in [2.45, 2.75) is 99.8 Å². The smallest absolute Gasteiger partial charge is 0.306 e. The second-order valence-corrected chi connectivity index (χ2v) is 8.55. The van der Waals surface area contributed by atoms with Gasteiger partial charge in [-0.2, -0.15) is 0 Å². The molecule has 0 aromatic heterocycles. The van der Waals surface area contributed by atoms with Crippen molar-refractivity contribution < 1.29 is 9.53 Å². The highest BCUT2D eigenvalue weighted by Crippen LogP contribution is 2.12. The molecule has 0 saturated heterocycles. The number of rotatable bonds is 14. The van der Waals surface area contributed by atoms with Crippen LogP contribution in [0.15, 0.2) is 58.2 Å². The number of carbonyl (C=O) groups is 1. The molecule has 0 aromatic carbocycles. The molecule has 0 amide bonds. The van der Waals surface area contributed by atoms with E-state index >= 15 is 0 Å². The Labute approximate surface area is 180 Å². The van der Waals surface area contributed by atoms with Gasteiger partial charge in [-0.3, -0.25) is 4.79 Å². The summed E-state index contributed by atoms with van der Waals surface area (Å²) in [5, 5.41) is 0. The maximum Gasteiger partial charge on any atom is 0.306 e. The minimum absolute atomic E-state index is 0.114. The van der Waals surface area contributed by atoms with Crippen LogP contribution in [-0.4, -0.2) is 12.6 Å². The van der Waals surface area contributed by atoms with Crippen molar-refractivity contribution in [3.05, 3.63) is 58.2 Å². The molecule has 0 fully saturated rings. The normalized spacial score (nSPS) is 12.6. The van der Waals surface area contributed by atoms with Crippen LogP contribution in [0.5, 0.6) is 0 Å². The molecule has 29 heavy (non-hydrogen) atoms. The Kier molecular flexibility index (Phi) is 16.0. The fraction of sp³-hybridized carbons (Fsp3) is 0.593. The number of hydrogen-bond donors (Lipinski definition) is 0. The Morgan fingerprint density at radius 1 is 0.552 bits per heavy atom. The second-order valence-electron chi connectivity index (χ2n) is 8.55. The van der Waals surface area contributed by atoms with Crippen molar-refractivity contribution in [1.29, 1.82) is 0 Å². The average Bonchev–Trinajstić information content (AvgIpc) is 2.61. The number of hydrogen-bond acceptors (Lipinski definition) is 2. The first-order valence-electron chi connectivity index (χ1n) is 11.1. The van der Waals surface area contributed by atoms with Crippen molar-refractivity contribution in [3.63, 3.8) is 0 Å². The molecule has 0 unspecified atom stereocenters. The van der Waals surface area contributed by atoms with Crippen molar-refractivity contribution >= 4 is 5.97 Å². The standard InChI is InChI=1S/C27H44O2/c1-22(2)12-8-14-24(5)16-10-17-25(6)18-11-19-27(28)29-21-20-26(7)15-9-13-23(3)4/h12-13,16,18,20H,8-11,14-15,17,19,21H2,1-7H3/b24-16?,25-18?,26-20+. The Balaban J connectivity index is 3.99. The van der Waals surface area contributed by atoms with Gasteiger partial charge in [0.2, 0.25) is 0 Å². The van der Waals surface area contributed by atoms with Gasteiger partial charge in [0.25, 0.3) is 0 Å². The quantitative estimate of drug-likeness (QED) is 0.216. The lowest BCUT2D eigenvalue weighted by Gasteiger charge is -2.04. The van der Waals surface area contributed by atoms with Gasteiger partial charge < -0.3 is 4.74 Å². The number of ether oxygens (including phenoxy) is 1. The lowest BCUT2D eigenvalue weighted by molar-refractivity contribution is -0.142. The molecule has 0 aliphatic rings. The second kappa shape index (κ2) is 17.1. The Morgan fingerprint density at radius 2 is 0.931 bits per heavy atom. The third-order valence-corrected chi connectivity index (χ3v) is 4.73. The van der Waals surface area contributed by atoms with Crippen LogP contribution in [0.25, 0.3) is 0 Å². The van der Waals surface area contributed by atoms with Crippen LogP contribution >= 0.6 is 0 Å². The highest BCUT2D eigenvalue weighted by atomic mass is 16.5. The van der Waals surface area contributed by atoms with Gasteiger partial charge >= 0.3 is 5.97 Å². The highest BCUT2D eigenvalue weighted by molar-refractivity contribution is 5.69. The van der Waals surface area contributed by atoms with E-state index in [2.05, 4.69) is 72.8 Å². The van der Waals surface area contributed by atoms with Crippen molar-refractivity contribution in [2.24, 2.45) is 0 Å². The monoisotopic (exact) mass is 400 g/mol. The van der Waals surface area contributed by atoms with Crippen molar-refractivity contribution in [2.75, 3.05) is 6.61 Å². The lowest BCUT2D eigenvalue weighted by atomic mass is 10.1. The third kappa shape index (κ3) is 19.3. The highest BCUT2D eigenvalue weighted by Gasteiger charge is 2.01. The van der Waals surface area contributed by atoms with Gasteiger partial charge in [-0.05, 0) is 99.5 Å². The number of esters is 1. The topological polar surface area (TPSA) is 26.3 Å². The number of carbonyl (C=O) groups excluding carboxylic acids is 1. The maximum atomic E-state index is 11.9. The molecule has 0 spiro atoms. The SMILES string of the molecule is CC(C)=CCCC(C)=CCCC(C)=CCCC(=O)OC/C=C(\C)CCC=C(C)C. The van der Waals surface area contributed by atoms with E-state index < -0.39 is 0 Å². The third-order valence-electron chi connectivity index (χ3n) is 4.73. The summed E-state index contributed by atoms with van der Waals surface area (Å²) < 4.78 is 5.31. The first kappa shape index (κ1) is 27.2. The zero-order valence-corrected chi connectivity index (χ0v) is 20.1. The molecule has 0 radical (unpaired) electrons. The molecule has 0 N–H and O–H groups in total. The van der Waals surface area contributed by atoms with E-state index in [9.17, 15) is 4.79 Å². The molecule has 0 aliphatic heterocycles. The van der Waals surface area contributed by atoms with Crippen LogP contribution in [0.1, 0.15) is 99.8 Å². The fourth-order valence-electron chi connectivity index (χ4n) is 2.81. The molecule has 0 aliphatic carbocycles. The van der Waals surface area contributed by atoms with Crippen LogP contribution in [-0.2, 0) is 9.53 Å². The van der Waals surface area contributed by atoms with Crippen LogP contribution in [0.2, 0.25) is 0 Å². The molecule has 0 heterocycles. The average molecular weight is 401 g/mol. The molecular formula is C27H44O2. The van der Waals surface area contributed by atoms with E-state index in [0.717, 1.165) is 44.9 Å². The van der Waals surface area contributed by atoms with Gasteiger partial charge in [-0.25, -0.2) is 0 Å². The van der Waals surface area contributed by atoms with Crippen molar-refractivity contribution in [3.8, 4) is 0 Å². The summed E-state index contributed by atoms with van der Waals surface area (Å²) in [6, 6.07) is 0. The predicted molar refractivity (Wildman–Crippen MR) is 128 cm³/mol. The van der Waals surface area contributed by atoms with Gasteiger partial charge in [-0.1, -0.05) is 52.2 Å². The van der Waals surface area contributed by atoms with E-state index in [1.807, 2.05) is 6.08 Å². The van der Waals surface area contributed by atoms with Gasteiger partial charge in [-0.15, -0.1) is 0 Å². The minimum Gasteiger partial charge on any atom is -0.461 e. The van der Waals surface area contributed by atoms with E-state index in [1.54, 1.807) is 0 Å². The maximum absolute atomic E-state index is 11.9. The van der Waals surface area contributed by atoms with Gasteiger partial charge in [0.15, 0.2) is 0 Å². The molecule has 164 valence electrons. The summed E-state index contributed by atoms with van der Waals surface area (Å²) in [4.78, 5) is 11.9. The summed E-state index contributed by atoms with van der Waals surface area (Å²) >= 11 is 0. The molecule has 0 aromatic rings. The zero-order valence-electron chi connectivity index (χ0n) is 20.1. The predicted octanol–water partition coefficient (Wildman–Crippen LogP) is 8.42. The zero-order chi connectivity index (χ0) is 22.1. The van der Waals surface area contributed by atoms with E-state index in [1.165, 1.54) is 27.9 Å². The van der Waals surface area contributed by atoms with E-state index in [-0.39, 0.29) is 5.97 Å². The van der Waals surface area contributed by atoms with Crippen molar-refractivity contribution in [1.82, 2.24) is 0 Å². The molecule has 0 bridgehead atoms. The summed E-state index contributed by atoms with van der Waals surface area (Å²) in [5.41, 5.74) is 6.82. The Morgan fingerprint density at radius 3 is 1.38 bits per heavy atom. The summed E-state index contributed by atoms with van der Waals surface area (Å²) in [5.74, 6) is -0.114. The molecule has 2 nitrogen and oxygen atoms in total. The first-order valence-corrected chi connectivity index (χ1v) is 11.1. The lowest BCUT2D eigenvalue weighted by Crippen LogP contribution is -2.04. The summed E-state index contributed by atoms with van der Waals surface area (Å²) in [6.45, 7) is 15.4. The molecule has 2 heteroatoms. The summed E-state index contributed by atoms with van der Waals surface area (Å²) in [6.07, 6.45) is 18.8. The molecule has 0 rings (SSSR count). The first-order chi connectivity index (χ1) is 13.7. The van der Waals surface area contributed by atoms with Crippen LogP contribution < -0.4 is 0 Å². The largest absolute Gasteiger partial charge is 0.461 e.